The summed E-state index contributed by atoms with van der Waals surface area (Å²) in [6, 6.07) is 17.7. The number of aliphatic imine (C=N–C) groups is 1. The average molecular weight is 334 g/mol. The van der Waals surface area contributed by atoms with E-state index in [4.69, 9.17) is 15.5 Å². The monoisotopic (exact) mass is 334 g/mol. The number of rotatable bonds is 5. The number of nitrogens with two attached hydrogens (primary N) is 1. The molecule has 0 amide bonds. The van der Waals surface area contributed by atoms with Crippen LogP contribution in [0.4, 0.5) is 5.69 Å². The lowest BCUT2D eigenvalue weighted by Crippen LogP contribution is -2.35. The van der Waals surface area contributed by atoms with Gasteiger partial charge in [-0.1, -0.05) is 24.8 Å². The maximum absolute atomic E-state index is 6.24. The van der Waals surface area contributed by atoms with Gasteiger partial charge in [-0.25, -0.2) is 4.99 Å². The molecule has 0 saturated heterocycles. The quantitative estimate of drug-likeness (QED) is 0.881. The van der Waals surface area contributed by atoms with E-state index in [1.54, 1.807) is 7.11 Å². The third-order valence-electron chi connectivity index (χ3n) is 4.07. The van der Waals surface area contributed by atoms with Gasteiger partial charge in [0, 0.05) is 12.7 Å². The highest BCUT2D eigenvalue weighted by molar-refractivity contribution is 6.03. The van der Waals surface area contributed by atoms with Gasteiger partial charge in [-0.2, -0.15) is 0 Å². The van der Waals surface area contributed by atoms with Crippen LogP contribution >= 0.6 is 0 Å². The summed E-state index contributed by atoms with van der Waals surface area (Å²) in [5.74, 6) is 1.42. The zero-order chi connectivity index (χ0) is 17.8. The molecule has 0 radical (unpaired) electrons. The Morgan fingerprint density at radius 1 is 1.16 bits per heavy atom. The van der Waals surface area contributed by atoms with Crippen LogP contribution in [0.3, 0.4) is 0 Å². The molecular formula is C20H22N4O. The summed E-state index contributed by atoms with van der Waals surface area (Å²) in [4.78, 5) is 6.73. The van der Waals surface area contributed by atoms with Crippen LogP contribution in [0.15, 0.2) is 83.4 Å². The molecule has 0 spiro atoms. The molecule has 1 heterocycles. The topological polar surface area (TPSA) is 62.9 Å². The SMILES string of the molecule is C=C(Nc1ccccc1)C1=C(N)N(C)CC(c2ccc(OC)cc2)=N1. The van der Waals surface area contributed by atoms with Gasteiger partial charge in [0.1, 0.15) is 17.3 Å². The molecule has 0 fully saturated rings. The number of benzene rings is 2. The molecule has 2 aromatic rings. The number of para-hydroxylation sites is 1. The number of nitrogens with one attached hydrogen (secondary N) is 1. The number of ether oxygens (including phenoxy) is 1. The summed E-state index contributed by atoms with van der Waals surface area (Å²) >= 11 is 0. The summed E-state index contributed by atoms with van der Waals surface area (Å²) in [7, 11) is 3.60. The van der Waals surface area contributed by atoms with Crippen molar-refractivity contribution in [2.24, 2.45) is 10.7 Å². The Hall–Kier alpha value is -3.21. The molecule has 1 aliphatic rings. The van der Waals surface area contributed by atoms with Crippen molar-refractivity contribution in [1.82, 2.24) is 4.90 Å². The lowest BCUT2D eigenvalue weighted by molar-refractivity contribution is 0.414. The second-order valence-corrected chi connectivity index (χ2v) is 5.85. The Kier molecular flexibility index (Phi) is 4.75. The molecule has 1 aliphatic heterocycles. The molecule has 2 aromatic carbocycles. The van der Waals surface area contributed by atoms with E-state index in [1.165, 1.54) is 0 Å². The second kappa shape index (κ2) is 7.13. The van der Waals surface area contributed by atoms with Crippen LogP contribution in [0, 0.1) is 0 Å². The summed E-state index contributed by atoms with van der Waals surface area (Å²) in [6.45, 7) is 4.75. The number of hydrogen-bond donors (Lipinski definition) is 2. The molecule has 25 heavy (non-hydrogen) atoms. The molecule has 3 rings (SSSR count). The van der Waals surface area contributed by atoms with E-state index < -0.39 is 0 Å². The fourth-order valence-corrected chi connectivity index (χ4v) is 2.63. The maximum atomic E-state index is 6.24. The minimum absolute atomic E-state index is 0.602. The van der Waals surface area contributed by atoms with Crippen molar-refractivity contribution in [3.05, 3.63) is 84.0 Å². The van der Waals surface area contributed by atoms with E-state index in [9.17, 15) is 0 Å². The molecule has 0 unspecified atom stereocenters. The van der Waals surface area contributed by atoms with E-state index in [0.717, 1.165) is 22.7 Å². The zero-order valence-corrected chi connectivity index (χ0v) is 14.5. The van der Waals surface area contributed by atoms with Gasteiger partial charge in [-0.3, -0.25) is 0 Å². The van der Waals surface area contributed by atoms with E-state index in [1.807, 2.05) is 66.5 Å². The van der Waals surface area contributed by atoms with Gasteiger partial charge in [-0.15, -0.1) is 0 Å². The predicted octanol–water partition coefficient (Wildman–Crippen LogP) is 3.18. The first-order valence-electron chi connectivity index (χ1n) is 8.02. The van der Waals surface area contributed by atoms with Gasteiger partial charge >= 0.3 is 0 Å². The molecular weight excluding hydrogens is 312 g/mol. The van der Waals surface area contributed by atoms with Crippen molar-refractivity contribution >= 4 is 11.4 Å². The molecule has 0 saturated carbocycles. The molecule has 5 heteroatoms. The van der Waals surface area contributed by atoms with Gasteiger partial charge in [0.2, 0.25) is 0 Å². The van der Waals surface area contributed by atoms with Crippen LogP contribution in [0.5, 0.6) is 5.75 Å². The van der Waals surface area contributed by atoms with Crippen LogP contribution < -0.4 is 15.8 Å². The van der Waals surface area contributed by atoms with Crippen molar-refractivity contribution in [2.75, 3.05) is 26.0 Å². The second-order valence-electron chi connectivity index (χ2n) is 5.85. The van der Waals surface area contributed by atoms with E-state index in [0.29, 0.717) is 23.8 Å². The largest absolute Gasteiger partial charge is 0.497 e. The van der Waals surface area contributed by atoms with Crippen LogP contribution in [-0.2, 0) is 0 Å². The Morgan fingerprint density at radius 2 is 1.84 bits per heavy atom. The van der Waals surface area contributed by atoms with Crippen LogP contribution in [0.1, 0.15) is 5.56 Å². The van der Waals surface area contributed by atoms with Crippen molar-refractivity contribution in [3.8, 4) is 5.75 Å². The summed E-state index contributed by atoms with van der Waals surface area (Å²) in [5.41, 5.74) is 10.5. The van der Waals surface area contributed by atoms with Gasteiger partial charge < -0.3 is 20.7 Å². The number of nitrogens with zero attached hydrogens (tertiary/aromatic N) is 2. The van der Waals surface area contributed by atoms with E-state index in [2.05, 4.69) is 11.9 Å². The fraction of sp³-hybridized carbons (Fsp3) is 0.150. The minimum atomic E-state index is 0.602. The highest BCUT2D eigenvalue weighted by Gasteiger charge is 2.20. The highest BCUT2D eigenvalue weighted by Crippen LogP contribution is 2.23. The van der Waals surface area contributed by atoms with Crippen molar-refractivity contribution in [1.29, 1.82) is 0 Å². The number of methoxy groups -OCH3 is 1. The average Bonchev–Trinajstić information content (AvgIpc) is 2.64. The van der Waals surface area contributed by atoms with Crippen molar-refractivity contribution in [2.45, 2.75) is 0 Å². The minimum Gasteiger partial charge on any atom is -0.497 e. The molecule has 0 atom stereocenters. The van der Waals surface area contributed by atoms with Gasteiger partial charge in [-0.05, 0) is 42.0 Å². The first kappa shape index (κ1) is 16.6. The van der Waals surface area contributed by atoms with Crippen molar-refractivity contribution < 1.29 is 4.74 Å². The fourth-order valence-electron chi connectivity index (χ4n) is 2.63. The third-order valence-corrected chi connectivity index (χ3v) is 4.07. The molecule has 128 valence electrons. The van der Waals surface area contributed by atoms with Gasteiger partial charge in [0.25, 0.3) is 0 Å². The number of hydrogen-bond acceptors (Lipinski definition) is 5. The third kappa shape index (κ3) is 3.66. The molecule has 0 bridgehead atoms. The van der Waals surface area contributed by atoms with Crippen LogP contribution in [-0.4, -0.2) is 31.3 Å². The lowest BCUT2D eigenvalue weighted by atomic mass is 10.1. The molecule has 5 nitrogen and oxygen atoms in total. The standard InChI is InChI=1S/C20H22N4O/c1-14(22-16-7-5-4-6-8-16)19-20(21)24(2)13-18(23-19)15-9-11-17(25-3)12-10-15/h4-12,22H,1,13,21H2,2-3H3. The smallest absolute Gasteiger partial charge is 0.127 e. The molecule has 0 aromatic heterocycles. The first-order chi connectivity index (χ1) is 12.1. The summed E-state index contributed by atoms with van der Waals surface area (Å²) in [6.07, 6.45) is 0. The van der Waals surface area contributed by atoms with E-state index in [-0.39, 0.29) is 0 Å². The van der Waals surface area contributed by atoms with E-state index >= 15 is 0 Å². The number of likely N-dealkylation sites (N-methyl/N-ethyl adjacent to an activating group) is 1. The summed E-state index contributed by atoms with van der Waals surface area (Å²) in [5, 5.41) is 3.27. The zero-order valence-electron chi connectivity index (χ0n) is 14.5. The van der Waals surface area contributed by atoms with Crippen molar-refractivity contribution in [3.63, 3.8) is 0 Å². The van der Waals surface area contributed by atoms with Gasteiger partial charge in [0.05, 0.1) is 25.1 Å². The first-order valence-corrected chi connectivity index (χ1v) is 8.02. The molecule has 3 N–H and O–H groups in total. The number of anilines is 1. The van der Waals surface area contributed by atoms with Crippen LogP contribution in [0.25, 0.3) is 0 Å². The van der Waals surface area contributed by atoms with Gasteiger partial charge in [0.15, 0.2) is 0 Å². The lowest BCUT2D eigenvalue weighted by Gasteiger charge is -2.28. The predicted molar refractivity (Wildman–Crippen MR) is 103 cm³/mol. The summed E-state index contributed by atoms with van der Waals surface area (Å²) < 4.78 is 5.22. The Bertz CT molecular complexity index is 823. The Morgan fingerprint density at radius 3 is 2.48 bits per heavy atom. The Labute approximate surface area is 148 Å². The highest BCUT2D eigenvalue weighted by atomic mass is 16.5. The normalized spacial score (nSPS) is 14.2. The maximum Gasteiger partial charge on any atom is 0.127 e. The Balaban J connectivity index is 1.89. The van der Waals surface area contributed by atoms with Crippen LogP contribution in [0.2, 0.25) is 0 Å². The molecule has 0 aliphatic carbocycles.